The van der Waals surface area contributed by atoms with Crippen molar-refractivity contribution in [2.75, 3.05) is 0 Å². The SMILES string of the molecule is OC(F)(F)C(F)(F)C(F)(F)C(F)(F)C(C(F)(F)F)(C(F)(F)F)C(F)(F)F. The average molecular weight is 436 g/mol. The fourth-order valence-corrected chi connectivity index (χ4v) is 1.64. The number of aliphatic hydroxyl groups is 1. The predicted molar refractivity (Wildman–Crippen MR) is 42.6 cm³/mol. The zero-order valence-electron chi connectivity index (χ0n) is 10.9. The highest BCUT2D eigenvalue weighted by Gasteiger charge is 3.01. The molecule has 0 spiro atoms. The van der Waals surface area contributed by atoms with Gasteiger partial charge in [-0.05, 0) is 0 Å². The fraction of sp³-hybridized carbons (Fsp3) is 1.00. The normalized spacial score (nSPS) is 16.8. The highest BCUT2D eigenvalue weighted by molar-refractivity contribution is 5.16. The largest absolute Gasteiger partial charge is 0.423 e. The van der Waals surface area contributed by atoms with Gasteiger partial charge in [0.25, 0.3) is 0 Å². The Morgan fingerprint density at radius 2 is 0.577 bits per heavy atom. The molecule has 0 aliphatic carbocycles. The molecule has 0 aromatic rings. The lowest BCUT2D eigenvalue weighted by atomic mass is 9.74. The summed E-state index contributed by atoms with van der Waals surface area (Å²) in [6, 6.07) is 0. The first kappa shape index (κ1) is 24.8. The van der Waals surface area contributed by atoms with Crippen LogP contribution in [-0.4, -0.2) is 47.5 Å². The summed E-state index contributed by atoms with van der Waals surface area (Å²) in [4.78, 5) is 0. The van der Waals surface area contributed by atoms with Gasteiger partial charge in [-0.3, -0.25) is 0 Å². The van der Waals surface area contributed by atoms with Crippen LogP contribution in [0.2, 0.25) is 0 Å². The van der Waals surface area contributed by atoms with Crippen LogP contribution in [0.3, 0.4) is 0 Å². The van der Waals surface area contributed by atoms with Gasteiger partial charge in [-0.2, -0.15) is 74.6 Å². The van der Waals surface area contributed by atoms with Gasteiger partial charge < -0.3 is 5.11 Å². The van der Waals surface area contributed by atoms with Gasteiger partial charge in [0.2, 0.25) is 0 Å². The molecular formula is C8HF17O. The molecule has 0 heterocycles. The van der Waals surface area contributed by atoms with Crippen molar-refractivity contribution in [3.63, 3.8) is 0 Å². The summed E-state index contributed by atoms with van der Waals surface area (Å²) in [5.74, 6) is -25.9. The van der Waals surface area contributed by atoms with Gasteiger partial charge in [0.15, 0.2) is 0 Å². The fourth-order valence-electron chi connectivity index (χ4n) is 1.64. The molecule has 0 aliphatic rings. The molecule has 0 rings (SSSR count). The minimum atomic E-state index is -9.00. The smallest absolute Gasteiger partial charge is 0.331 e. The first-order chi connectivity index (χ1) is 10.8. The quantitative estimate of drug-likeness (QED) is 0.605. The molecule has 18 heteroatoms. The van der Waals surface area contributed by atoms with Gasteiger partial charge >= 0.3 is 47.8 Å². The van der Waals surface area contributed by atoms with Gasteiger partial charge in [0, 0.05) is 0 Å². The molecule has 0 unspecified atom stereocenters. The van der Waals surface area contributed by atoms with Crippen molar-refractivity contribution in [1.29, 1.82) is 0 Å². The topological polar surface area (TPSA) is 20.2 Å². The molecule has 0 saturated heterocycles. The van der Waals surface area contributed by atoms with Gasteiger partial charge in [-0.15, -0.1) is 0 Å². The molecule has 0 bridgehead atoms. The molecule has 0 saturated carbocycles. The van der Waals surface area contributed by atoms with Crippen molar-refractivity contribution in [2.45, 2.75) is 42.4 Å². The summed E-state index contributed by atoms with van der Waals surface area (Å²) in [7, 11) is 0. The minimum Gasteiger partial charge on any atom is -0.331 e. The van der Waals surface area contributed by atoms with Crippen molar-refractivity contribution in [3.05, 3.63) is 0 Å². The summed E-state index contributed by atoms with van der Waals surface area (Å²) in [5, 5.41) is 7.38. The molecule has 0 aromatic heterocycles. The Hall–Kier alpha value is -1.23. The van der Waals surface area contributed by atoms with Crippen LogP contribution < -0.4 is 0 Å². The monoisotopic (exact) mass is 436 g/mol. The van der Waals surface area contributed by atoms with E-state index in [-0.39, 0.29) is 0 Å². The molecule has 0 fully saturated rings. The van der Waals surface area contributed by atoms with E-state index in [4.69, 9.17) is 5.11 Å². The summed E-state index contributed by atoms with van der Waals surface area (Å²) in [6.45, 7) is 0. The average Bonchev–Trinajstić information content (AvgIpc) is 2.19. The Labute approximate surface area is 129 Å². The molecule has 0 atom stereocenters. The maximum absolute atomic E-state index is 13.2. The van der Waals surface area contributed by atoms with E-state index in [1.165, 1.54) is 0 Å². The number of halogens is 17. The third-order valence-electron chi connectivity index (χ3n) is 2.91. The Bertz CT molecular complexity index is 477. The summed E-state index contributed by atoms with van der Waals surface area (Å²) in [6.07, 6.45) is -32.9. The second-order valence-electron chi connectivity index (χ2n) is 4.51. The maximum atomic E-state index is 13.2. The first-order valence-corrected chi connectivity index (χ1v) is 5.19. The van der Waals surface area contributed by atoms with E-state index in [2.05, 4.69) is 0 Å². The van der Waals surface area contributed by atoms with Crippen molar-refractivity contribution >= 4 is 0 Å². The van der Waals surface area contributed by atoms with E-state index < -0.39 is 47.8 Å². The van der Waals surface area contributed by atoms with E-state index in [1.54, 1.807) is 0 Å². The zero-order valence-corrected chi connectivity index (χ0v) is 10.9. The summed E-state index contributed by atoms with van der Waals surface area (Å²) in [5.41, 5.74) is -8.89. The van der Waals surface area contributed by atoms with Crippen LogP contribution in [0.25, 0.3) is 0 Å². The molecule has 1 N–H and O–H groups in total. The molecule has 0 aliphatic heterocycles. The Balaban J connectivity index is 7.31. The van der Waals surface area contributed by atoms with Gasteiger partial charge in [0.05, 0.1) is 0 Å². The lowest BCUT2D eigenvalue weighted by Crippen LogP contribution is -2.77. The van der Waals surface area contributed by atoms with E-state index in [0.29, 0.717) is 0 Å². The molecule has 1 nitrogen and oxygen atoms in total. The summed E-state index contributed by atoms with van der Waals surface area (Å²) < 4.78 is 212. The Morgan fingerprint density at radius 1 is 0.346 bits per heavy atom. The standard InChI is InChI=1S/C8HF17O/c9-2(10,3(11,12)4(13,14)8(24,25)26)1(5(15,16)17,6(18,19)20)7(21,22)23/h26H. The Morgan fingerprint density at radius 3 is 0.731 bits per heavy atom. The molecule has 0 aromatic carbocycles. The third kappa shape index (κ3) is 2.83. The van der Waals surface area contributed by atoms with Crippen LogP contribution in [0.1, 0.15) is 0 Å². The number of alkyl halides is 17. The second kappa shape index (κ2) is 5.63. The Kier molecular flexibility index (Phi) is 5.37. The van der Waals surface area contributed by atoms with Crippen molar-refractivity contribution in [1.82, 2.24) is 0 Å². The van der Waals surface area contributed by atoms with Crippen molar-refractivity contribution < 1.29 is 79.7 Å². The molecule has 0 radical (unpaired) electrons. The molecule has 26 heavy (non-hydrogen) atoms. The lowest BCUT2D eigenvalue weighted by Gasteiger charge is -2.47. The zero-order chi connectivity index (χ0) is 22.0. The van der Waals surface area contributed by atoms with Crippen LogP contribution >= 0.6 is 0 Å². The van der Waals surface area contributed by atoms with Crippen LogP contribution in [0.5, 0.6) is 0 Å². The van der Waals surface area contributed by atoms with E-state index in [1.807, 2.05) is 0 Å². The van der Waals surface area contributed by atoms with Crippen LogP contribution in [0.4, 0.5) is 74.6 Å². The number of hydrogen-bond donors (Lipinski definition) is 1. The number of hydrogen-bond acceptors (Lipinski definition) is 1. The van der Waals surface area contributed by atoms with Gasteiger partial charge in [-0.1, -0.05) is 0 Å². The maximum Gasteiger partial charge on any atom is 0.423 e. The van der Waals surface area contributed by atoms with Gasteiger partial charge in [0.1, 0.15) is 0 Å². The summed E-state index contributed by atoms with van der Waals surface area (Å²) >= 11 is 0. The van der Waals surface area contributed by atoms with Crippen molar-refractivity contribution in [2.24, 2.45) is 5.41 Å². The van der Waals surface area contributed by atoms with E-state index in [9.17, 15) is 74.6 Å². The van der Waals surface area contributed by atoms with Gasteiger partial charge in [-0.25, -0.2) is 0 Å². The predicted octanol–water partition coefficient (Wildman–Crippen LogP) is 5.15. The van der Waals surface area contributed by atoms with E-state index >= 15 is 0 Å². The third-order valence-corrected chi connectivity index (χ3v) is 2.91. The van der Waals surface area contributed by atoms with E-state index in [0.717, 1.165) is 0 Å². The van der Waals surface area contributed by atoms with Crippen LogP contribution in [0, 0.1) is 5.41 Å². The molecular weight excluding hydrogens is 435 g/mol. The van der Waals surface area contributed by atoms with Crippen LogP contribution in [-0.2, 0) is 0 Å². The molecule has 0 amide bonds. The minimum absolute atomic E-state index is 7.38. The number of rotatable bonds is 4. The second-order valence-corrected chi connectivity index (χ2v) is 4.51. The highest BCUT2D eigenvalue weighted by atomic mass is 19.4. The van der Waals surface area contributed by atoms with Crippen LogP contribution in [0.15, 0.2) is 0 Å². The lowest BCUT2D eigenvalue weighted by molar-refractivity contribution is -0.519. The highest BCUT2D eigenvalue weighted by Crippen LogP contribution is 2.71. The first-order valence-electron chi connectivity index (χ1n) is 5.19. The van der Waals surface area contributed by atoms with Crippen molar-refractivity contribution in [3.8, 4) is 0 Å². The molecule has 158 valence electrons.